The molecule has 0 saturated heterocycles. The second kappa shape index (κ2) is 12.7. The maximum Gasteiger partial charge on any atom is 0.0541 e. The average Bonchev–Trinajstić information content (AvgIpc) is 4.03. The minimum atomic E-state index is 1.06. The molecular weight excluding hydrogens is 821 g/mol. The molecule has 0 N–H and O–H groups in total. The lowest BCUT2D eigenvalue weighted by Gasteiger charge is -2.11. The van der Waals surface area contributed by atoms with E-state index in [9.17, 15) is 0 Å². The molecule has 13 aromatic rings. The van der Waals surface area contributed by atoms with Crippen LogP contribution in [0.5, 0.6) is 0 Å². The van der Waals surface area contributed by atoms with E-state index in [1.807, 2.05) is 22.7 Å². The summed E-state index contributed by atoms with van der Waals surface area (Å²) in [5, 5.41) is 10.3. The highest BCUT2D eigenvalue weighted by atomic mass is 79.9. The summed E-state index contributed by atoms with van der Waals surface area (Å²) in [6, 6.07) is 69.7. The van der Waals surface area contributed by atoms with Gasteiger partial charge in [0, 0.05) is 77.7 Å². The fourth-order valence-corrected chi connectivity index (χ4v) is 12.2. The molecule has 0 aliphatic carbocycles. The third-order valence-corrected chi connectivity index (χ3v) is 14.9. The first kappa shape index (κ1) is 33.5. The van der Waals surface area contributed by atoms with Gasteiger partial charge in [-0.25, -0.2) is 0 Å². The van der Waals surface area contributed by atoms with Gasteiger partial charge in [-0.2, -0.15) is 0 Å². The van der Waals surface area contributed by atoms with Gasteiger partial charge < -0.3 is 9.13 Å². The van der Waals surface area contributed by atoms with Crippen molar-refractivity contribution in [3.8, 4) is 33.6 Å². The van der Waals surface area contributed by atoms with E-state index in [4.69, 9.17) is 0 Å². The Balaban J connectivity index is 0.936. The van der Waals surface area contributed by atoms with Crippen LogP contribution in [-0.4, -0.2) is 9.13 Å². The van der Waals surface area contributed by atoms with Crippen molar-refractivity contribution >= 4 is 123 Å². The molecule has 2 nitrogen and oxygen atoms in total. The van der Waals surface area contributed by atoms with Crippen LogP contribution in [0.15, 0.2) is 193 Å². The fourth-order valence-electron chi connectivity index (χ4n) is 9.49. The van der Waals surface area contributed by atoms with Gasteiger partial charge in [0.1, 0.15) is 0 Å². The van der Waals surface area contributed by atoms with Gasteiger partial charge in [0.15, 0.2) is 0 Å². The molecule has 13 rings (SSSR count). The second-order valence-electron chi connectivity index (χ2n) is 15.5. The minimum absolute atomic E-state index is 1.06. The Kier molecular flexibility index (Phi) is 7.23. The van der Waals surface area contributed by atoms with Crippen molar-refractivity contribution in [1.82, 2.24) is 9.13 Å². The highest BCUT2D eigenvalue weighted by Crippen LogP contribution is 2.42. The Labute approximate surface area is 355 Å². The number of hydrogen-bond donors (Lipinski definition) is 0. The van der Waals surface area contributed by atoms with Gasteiger partial charge >= 0.3 is 0 Å². The van der Waals surface area contributed by atoms with E-state index in [1.165, 1.54) is 118 Å². The summed E-state index contributed by atoms with van der Waals surface area (Å²) < 4.78 is 11.2. The molecule has 0 spiro atoms. The van der Waals surface area contributed by atoms with E-state index in [-0.39, 0.29) is 0 Å². The smallest absolute Gasteiger partial charge is 0.0541 e. The topological polar surface area (TPSA) is 9.86 Å². The summed E-state index contributed by atoms with van der Waals surface area (Å²) in [6.07, 6.45) is 0. The molecule has 0 amide bonds. The number of thiophene rings is 2. The third-order valence-electron chi connectivity index (χ3n) is 12.1. The molecule has 59 heavy (non-hydrogen) atoms. The van der Waals surface area contributed by atoms with Crippen molar-refractivity contribution in [2.75, 3.05) is 0 Å². The lowest BCUT2D eigenvalue weighted by Crippen LogP contribution is -1.93. The number of rotatable bonds is 4. The first-order valence-electron chi connectivity index (χ1n) is 19.8. The maximum atomic E-state index is 3.92. The van der Waals surface area contributed by atoms with Crippen molar-refractivity contribution in [2.45, 2.75) is 0 Å². The number of nitrogens with zero attached hydrogens (tertiary/aromatic N) is 2. The molecule has 0 aliphatic rings. The van der Waals surface area contributed by atoms with Crippen LogP contribution in [0.1, 0.15) is 0 Å². The highest BCUT2D eigenvalue weighted by Gasteiger charge is 2.18. The van der Waals surface area contributed by atoms with E-state index in [1.54, 1.807) is 0 Å². The monoisotopic (exact) mass is 850 g/mol. The van der Waals surface area contributed by atoms with E-state index in [2.05, 4.69) is 213 Å². The number of para-hydroxylation sites is 2. The molecule has 0 unspecified atom stereocenters. The molecule has 4 heterocycles. The number of aromatic nitrogens is 2. The third kappa shape index (κ3) is 5.09. The SMILES string of the molecule is Brc1cc(-c2ccc3c(c2)c2ccccc2n3-c2ccc3sc4ccccc4c3c2)cc(-c2ccc3c(c2)c2ccccc2n3-c2ccc3sc4ccccc4c3c2)c1. The van der Waals surface area contributed by atoms with Gasteiger partial charge in [-0.05, 0) is 125 Å². The first-order chi connectivity index (χ1) is 29.1. The number of hydrogen-bond acceptors (Lipinski definition) is 2. The lowest BCUT2D eigenvalue weighted by molar-refractivity contribution is 1.19. The van der Waals surface area contributed by atoms with Crippen molar-refractivity contribution in [3.05, 3.63) is 193 Å². The Morgan fingerprint density at radius 2 is 0.695 bits per heavy atom. The van der Waals surface area contributed by atoms with Gasteiger partial charge in [0.2, 0.25) is 0 Å². The fraction of sp³-hybridized carbons (Fsp3) is 0. The van der Waals surface area contributed by atoms with Crippen LogP contribution < -0.4 is 0 Å². The molecule has 0 bridgehead atoms. The molecule has 0 fully saturated rings. The Morgan fingerprint density at radius 1 is 0.288 bits per heavy atom. The standard InChI is InChI=1S/C54H31BrN2S2/c55-36-26-34(32-17-21-49-43(28-32)39-9-1-5-13-47(39)56(49)37-19-23-53-45(30-37)41-11-3-7-15-51(41)58-53)25-35(27-36)33-18-22-50-44(29-33)40-10-2-6-14-48(40)57(50)38-20-24-54-46(31-38)42-12-4-8-16-52(42)59-54/h1-31H. The molecule has 0 saturated carbocycles. The Bertz CT molecular complexity index is 3630. The van der Waals surface area contributed by atoms with E-state index >= 15 is 0 Å². The highest BCUT2D eigenvalue weighted by molar-refractivity contribution is 9.10. The average molecular weight is 852 g/mol. The van der Waals surface area contributed by atoms with E-state index in [0.29, 0.717) is 0 Å². The predicted octanol–water partition coefficient (Wildman–Crippen LogP) is 16.7. The lowest BCUT2D eigenvalue weighted by atomic mass is 9.97. The van der Waals surface area contributed by atoms with Crippen LogP contribution >= 0.6 is 38.6 Å². The molecule has 9 aromatic carbocycles. The van der Waals surface area contributed by atoms with Crippen LogP contribution in [0.25, 0.3) is 118 Å². The summed E-state index contributed by atoms with van der Waals surface area (Å²) in [7, 11) is 0. The molecule has 5 heteroatoms. The van der Waals surface area contributed by atoms with Gasteiger partial charge in [-0.3, -0.25) is 0 Å². The molecule has 0 atom stereocenters. The van der Waals surface area contributed by atoms with Crippen molar-refractivity contribution in [2.24, 2.45) is 0 Å². The zero-order valence-corrected chi connectivity index (χ0v) is 34.7. The quantitative estimate of drug-likeness (QED) is 0.167. The summed E-state index contributed by atoms with van der Waals surface area (Å²) in [6.45, 7) is 0. The predicted molar refractivity (Wildman–Crippen MR) is 259 cm³/mol. The van der Waals surface area contributed by atoms with Gasteiger partial charge in [-0.15, -0.1) is 22.7 Å². The van der Waals surface area contributed by atoms with Crippen LogP contribution in [0.2, 0.25) is 0 Å². The van der Waals surface area contributed by atoms with Gasteiger partial charge in [0.05, 0.1) is 22.1 Å². The molecule has 4 aromatic heterocycles. The normalized spacial score (nSPS) is 12.2. The van der Waals surface area contributed by atoms with Crippen LogP contribution in [0, 0.1) is 0 Å². The Hall–Kier alpha value is -6.50. The number of halogens is 1. The van der Waals surface area contributed by atoms with Gasteiger partial charge in [-0.1, -0.05) is 101 Å². The second-order valence-corrected chi connectivity index (χ2v) is 18.5. The van der Waals surface area contributed by atoms with Gasteiger partial charge in [0.25, 0.3) is 0 Å². The number of fused-ring (bicyclic) bond motifs is 12. The summed E-state index contributed by atoms with van der Waals surface area (Å²) in [5.74, 6) is 0. The van der Waals surface area contributed by atoms with Crippen molar-refractivity contribution in [1.29, 1.82) is 0 Å². The molecule has 0 aliphatic heterocycles. The van der Waals surface area contributed by atoms with Crippen molar-refractivity contribution in [3.63, 3.8) is 0 Å². The van der Waals surface area contributed by atoms with Crippen LogP contribution in [-0.2, 0) is 0 Å². The molecular formula is C54H31BrN2S2. The van der Waals surface area contributed by atoms with Crippen LogP contribution in [0.3, 0.4) is 0 Å². The summed E-state index contributed by atoms with van der Waals surface area (Å²) in [5.41, 5.74) is 11.9. The molecule has 0 radical (unpaired) electrons. The largest absolute Gasteiger partial charge is 0.309 e. The van der Waals surface area contributed by atoms with E-state index in [0.717, 1.165) is 4.47 Å². The first-order valence-corrected chi connectivity index (χ1v) is 22.3. The van der Waals surface area contributed by atoms with Crippen molar-refractivity contribution < 1.29 is 0 Å². The maximum absolute atomic E-state index is 3.92. The zero-order chi connectivity index (χ0) is 38.8. The Morgan fingerprint density at radius 3 is 1.19 bits per heavy atom. The van der Waals surface area contributed by atoms with Crippen LogP contribution in [0.4, 0.5) is 0 Å². The minimum Gasteiger partial charge on any atom is -0.309 e. The number of benzene rings is 9. The molecule has 276 valence electrons. The summed E-state index contributed by atoms with van der Waals surface area (Å²) in [4.78, 5) is 0. The summed E-state index contributed by atoms with van der Waals surface area (Å²) >= 11 is 7.64. The van der Waals surface area contributed by atoms with E-state index < -0.39 is 0 Å². The zero-order valence-electron chi connectivity index (χ0n) is 31.5.